The van der Waals surface area contributed by atoms with Gasteiger partial charge in [-0.15, -0.1) is 0 Å². The number of benzene rings is 2. The molecule has 4 rings (SSSR count). The molecule has 2 aromatic rings. The summed E-state index contributed by atoms with van der Waals surface area (Å²) in [5.41, 5.74) is 3.40. The summed E-state index contributed by atoms with van der Waals surface area (Å²) in [6.07, 6.45) is 0.485. The molecule has 138 valence electrons. The van der Waals surface area contributed by atoms with Crippen molar-refractivity contribution in [3.63, 3.8) is 0 Å². The maximum absolute atomic E-state index is 10.6. The predicted molar refractivity (Wildman–Crippen MR) is 102 cm³/mol. The van der Waals surface area contributed by atoms with Crippen molar-refractivity contribution in [1.82, 2.24) is 4.90 Å². The molecule has 5 nitrogen and oxygen atoms in total. The van der Waals surface area contributed by atoms with Crippen molar-refractivity contribution in [3.8, 4) is 11.5 Å². The molecule has 0 aromatic heterocycles. The Hall–Kier alpha value is -2.24. The van der Waals surface area contributed by atoms with Crippen molar-refractivity contribution in [2.24, 2.45) is 0 Å². The van der Waals surface area contributed by atoms with Crippen LogP contribution in [-0.2, 0) is 6.42 Å². The van der Waals surface area contributed by atoms with Crippen LogP contribution in [0.15, 0.2) is 42.5 Å². The van der Waals surface area contributed by atoms with Gasteiger partial charge in [0.1, 0.15) is 11.5 Å². The van der Waals surface area contributed by atoms with Gasteiger partial charge in [0.2, 0.25) is 0 Å². The summed E-state index contributed by atoms with van der Waals surface area (Å²) in [6, 6.07) is 14.3. The lowest BCUT2D eigenvalue weighted by atomic mass is 10.0. The number of β-amino-alcohol motifs (C(OH)–C–C–N with tert-alkyl or cyclic N) is 1. The van der Waals surface area contributed by atoms with Crippen molar-refractivity contribution < 1.29 is 14.6 Å². The molecule has 2 aromatic carbocycles. The van der Waals surface area contributed by atoms with Crippen LogP contribution in [-0.4, -0.2) is 56.4 Å². The minimum Gasteiger partial charge on any atom is -0.497 e. The van der Waals surface area contributed by atoms with Crippen molar-refractivity contribution in [2.75, 3.05) is 51.3 Å². The molecular weight excluding hydrogens is 328 g/mol. The van der Waals surface area contributed by atoms with Crippen LogP contribution in [0.3, 0.4) is 0 Å². The van der Waals surface area contributed by atoms with Gasteiger partial charge in [0.05, 0.1) is 19.8 Å². The van der Waals surface area contributed by atoms with Gasteiger partial charge in [0, 0.05) is 50.9 Å². The van der Waals surface area contributed by atoms with Gasteiger partial charge in [-0.25, -0.2) is 0 Å². The summed E-state index contributed by atoms with van der Waals surface area (Å²) in [7, 11) is 1.70. The maximum Gasteiger partial charge on any atom is 0.122 e. The molecule has 26 heavy (non-hydrogen) atoms. The number of aliphatic hydroxyl groups is 1. The zero-order chi connectivity index (χ0) is 17.9. The first-order chi connectivity index (χ1) is 12.7. The summed E-state index contributed by atoms with van der Waals surface area (Å²) in [5, 5.41) is 10.6. The first-order valence-corrected chi connectivity index (χ1v) is 9.28. The lowest BCUT2D eigenvalue weighted by Gasteiger charge is -2.37. The van der Waals surface area contributed by atoms with Crippen LogP contribution < -0.4 is 14.4 Å². The Morgan fingerprint density at radius 1 is 1.12 bits per heavy atom. The number of hydrogen-bond donors (Lipinski definition) is 1. The summed E-state index contributed by atoms with van der Waals surface area (Å²) < 4.78 is 10.9. The molecule has 0 spiro atoms. The average molecular weight is 354 g/mol. The van der Waals surface area contributed by atoms with E-state index in [1.165, 1.54) is 11.3 Å². The number of aliphatic hydroxyl groups excluding tert-OH is 1. The zero-order valence-corrected chi connectivity index (χ0v) is 15.2. The Bertz CT molecular complexity index is 757. The Kier molecular flexibility index (Phi) is 5.00. The Morgan fingerprint density at radius 2 is 1.96 bits per heavy atom. The van der Waals surface area contributed by atoms with Crippen LogP contribution in [0.1, 0.15) is 17.2 Å². The van der Waals surface area contributed by atoms with E-state index in [1.54, 1.807) is 7.11 Å². The molecule has 2 heterocycles. The van der Waals surface area contributed by atoms with E-state index in [9.17, 15) is 5.11 Å². The zero-order valence-electron chi connectivity index (χ0n) is 15.2. The van der Waals surface area contributed by atoms with Crippen LogP contribution in [0, 0.1) is 0 Å². The third-order valence-corrected chi connectivity index (χ3v) is 5.32. The Morgan fingerprint density at radius 3 is 2.77 bits per heavy atom. The van der Waals surface area contributed by atoms with E-state index in [1.807, 2.05) is 24.3 Å². The van der Waals surface area contributed by atoms with Crippen molar-refractivity contribution >= 4 is 5.69 Å². The fourth-order valence-electron chi connectivity index (χ4n) is 3.76. The second-order valence-corrected chi connectivity index (χ2v) is 6.97. The number of piperazine rings is 1. The summed E-state index contributed by atoms with van der Waals surface area (Å²) in [4.78, 5) is 4.71. The monoisotopic (exact) mass is 354 g/mol. The SMILES string of the molecule is COc1cccc(N2CCN(C[C@H](O)c3ccc4c(c3)CCO4)CC2)c1. The average Bonchev–Trinajstić information content (AvgIpc) is 3.16. The van der Waals surface area contributed by atoms with Gasteiger partial charge in [-0.2, -0.15) is 0 Å². The molecule has 2 aliphatic heterocycles. The van der Waals surface area contributed by atoms with Gasteiger partial charge in [-0.1, -0.05) is 12.1 Å². The molecule has 0 saturated carbocycles. The van der Waals surface area contributed by atoms with Gasteiger partial charge in [0.15, 0.2) is 0 Å². The largest absolute Gasteiger partial charge is 0.497 e. The fourth-order valence-corrected chi connectivity index (χ4v) is 3.76. The number of fused-ring (bicyclic) bond motifs is 1. The van der Waals surface area contributed by atoms with Crippen molar-refractivity contribution in [3.05, 3.63) is 53.6 Å². The van der Waals surface area contributed by atoms with Crippen molar-refractivity contribution in [2.45, 2.75) is 12.5 Å². The molecule has 1 fully saturated rings. The highest BCUT2D eigenvalue weighted by Crippen LogP contribution is 2.29. The lowest BCUT2D eigenvalue weighted by molar-refractivity contribution is 0.109. The lowest BCUT2D eigenvalue weighted by Crippen LogP contribution is -2.47. The van der Waals surface area contributed by atoms with E-state index in [0.717, 1.165) is 56.3 Å². The van der Waals surface area contributed by atoms with Gasteiger partial charge in [-0.05, 0) is 35.4 Å². The summed E-state index contributed by atoms with van der Waals surface area (Å²) >= 11 is 0. The number of methoxy groups -OCH3 is 1. The highest BCUT2D eigenvalue weighted by atomic mass is 16.5. The molecule has 1 saturated heterocycles. The smallest absolute Gasteiger partial charge is 0.122 e. The van der Waals surface area contributed by atoms with E-state index < -0.39 is 6.10 Å². The maximum atomic E-state index is 10.6. The number of ether oxygens (including phenoxy) is 2. The van der Waals surface area contributed by atoms with Crippen LogP contribution in [0.2, 0.25) is 0 Å². The molecule has 5 heteroatoms. The van der Waals surface area contributed by atoms with E-state index in [2.05, 4.69) is 28.0 Å². The van der Waals surface area contributed by atoms with E-state index in [4.69, 9.17) is 9.47 Å². The second-order valence-electron chi connectivity index (χ2n) is 6.97. The summed E-state index contributed by atoms with van der Waals surface area (Å²) in [6.45, 7) is 5.23. The van der Waals surface area contributed by atoms with E-state index >= 15 is 0 Å². The molecule has 0 unspecified atom stereocenters. The minimum atomic E-state index is -0.454. The molecule has 0 bridgehead atoms. The quantitative estimate of drug-likeness (QED) is 0.894. The van der Waals surface area contributed by atoms with Crippen LogP contribution >= 0.6 is 0 Å². The second kappa shape index (κ2) is 7.56. The molecule has 1 atom stereocenters. The normalized spacial score (nSPS) is 18.3. The third kappa shape index (κ3) is 3.64. The van der Waals surface area contributed by atoms with Crippen LogP contribution in [0.4, 0.5) is 5.69 Å². The molecule has 1 N–H and O–H groups in total. The van der Waals surface area contributed by atoms with Crippen LogP contribution in [0.5, 0.6) is 11.5 Å². The first-order valence-electron chi connectivity index (χ1n) is 9.28. The first kappa shape index (κ1) is 17.2. The molecule has 0 radical (unpaired) electrons. The highest BCUT2D eigenvalue weighted by molar-refractivity contribution is 5.51. The third-order valence-electron chi connectivity index (χ3n) is 5.32. The topological polar surface area (TPSA) is 45.2 Å². The van der Waals surface area contributed by atoms with E-state index in [0.29, 0.717) is 6.54 Å². The minimum absolute atomic E-state index is 0.454. The van der Waals surface area contributed by atoms with Gasteiger partial charge >= 0.3 is 0 Å². The number of hydrogen-bond acceptors (Lipinski definition) is 5. The van der Waals surface area contributed by atoms with Crippen LogP contribution in [0.25, 0.3) is 0 Å². The molecule has 0 amide bonds. The standard InChI is InChI=1S/C21H26N2O3/c1-25-19-4-2-3-18(14-19)23-10-8-22(9-11-23)15-20(24)16-5-6-21-17(13-16)7-12-26-21/h2-6,13-14,20,24H,7-12,15H2,1H3/t20-/m0/s1. The molecular formula is C21H26N2O3. The van der Waals surface area contributed by atoms with Gasteiger partial charge < -0.3 is 19.5 Å². The number of nitrogens with zero attached hydrogens (tertiary/aromatic N) is 2. The predicted octanol–water partition coefficient (Wildman–Crippen LogP) is 2.49. The molecule has 2 aliphatic rings. The Labute approximate surface area is 154 Å². The summed E-state index contributed by atoms with van der Waals surface area (Å²) in [5.74, 6) is 1.86. The number of rotatable bonds is 5. The number of anilines is 1. The van der Waals surface area contributed by atoms with Gasteiger partial charge in [0.25, 0.3) is 0 Å². The van der Waals surface area contributed by atoms with Crippen molar-refractivity contribution in [1.29, 1.82) is 0 Å². The Balaban J connectivity index is 1.33. The van der Waals surface area contributed by atoms with E-state index in [-0.39, 0.29) is 0 Å². The van der Waals surface area contributed by atoms with Gasteiger partial charge in [-0.3, -0.25) is 4.90 Å². The highest BCUT2D eigenvalue weighted by Gasteiger charge is 2.21. The molecule has 0 aliphatic carbocycles. The fraction of sp³-hybridized carbons (Fsp3) is 0.429.